The minimum absolute atomic E-state index is 0.0164. The van der Waals surface area contributed by atoms with Crippen molar-refractivity contribution in [2.45, 2.75) is 130 Å². The normalized spacial score (nSPS) is 23.3. The molecule has 2 aromatic carbocycles. The maximum atomic E-state index is 14.8. The summed E-state index contributed by atoms with van der Waals surface area (Å²) in [6, 6.07) is 12.9. The largest absolute Gasteiger partial charge is 0.508 e. The minimum Gasteiger partial charge on any atom is -0.508 e. The van der Waals surface area contributed by atoms with Crippen molar-refractivity contribution in [3.8, 4) is 28.1 Å². The Morgan fingerprint density at radius 2 is 1.72 bits per heavy atom. The molecule has 7 heterocycles. The molecule has 4 amide bonds. The predicted molar refractivity (Wildman–Crippen MR) is 259 cm³/mol. The van der Waals surface area contributed by atoms with Gasteiger partial charge in [0.25, 0.3) is 5.91 Å². The number of phenolic OH excluding ortho intramolecular Hbond substituents is 1. The monoisotopic (exact) mass is 929 g/mol. The number of hydrogen-bond acceptors (Lipinski definition) is 10. The van der Waals surface area contributed by atoms with Crippen LogP contribution < -0.4 is 16.1 Å². The van der Waals surface area contributed by atoms with Gasteiger partial charge in [-0.25, -0.2) is 5.43 Å². The average Bonchev–Trinajstić information content (AvgIpc) is 4.08. The van der Waals surface area contributed by atoms with E-state index in [1.54, 1.807) is 17.0 Å². The van der Waals surface area contributed by atoms with E-state index in [0.717, 1.165) is 44.5 Å². The molecule has 15 heteroatoms. The SMILES string of the molecule is CCn1c(-c2cccnc2C(C)C)c2c3cc(ccc31)-c1cc(O)cc(c1)C[C@H](NC(=O)[C@H](C(C)C)N1CCC3(CCN(C(=O)[C@H]4CN4)CC3)C1=O)C(=O)N1CCC[C@H](N1)C(=O)OCC(C)(C)C2. The lowest BCUT2D eigenvalue weighted by Crippen LogP contribution is -2.62. The lowest BCUT2D eigenvalue weighted by Gasteiger charge is -2.39. The zero-order valence-electron chi connectivity index (χ0n) is 40.7. The maximum Gasteiger partial charge on any atom is 0.324 e. The van der Waals surface area contributed by atoms with Gasteiger partial charge < -0.3 is 34.8 Å². The van der Waals surface area contributed by atoms with Crippen molar-refractivity contribution in [2.75, 3.05) is 39.3 Å². The van der Waals surface area contributed by atoms with Gasteiger partial charge in [0.1, 0.15) is 23.9 Å². The van der Waals surface area contributed by atoms with Gasteiger partial charge in [-0.3, -0.25) is 34.0 Å². The van der Waals surface area contributed by atoms with Crippen LogP contribution in [-0.4, -0.2) is 123 Å². The second-order valence-corrected chi connectivity index (χ2v) is 21.3. The molecule has 15 nitrogen and oxygen atoms in total. The first-order valence-corrected chi connectivity index (χ1v) is 24.8. The maximum absolute atomic E-state index is 14.8. The molecule has 1 spiro atoms. The Hall–Kier alpha value is -5.80. The van der Waals surface area contributed by atoms with E-state index in [2.05, 4.69) is 79.5 Å². The topological polar surface area (TPSA) is 188 Å². The summed E-state index contributed by atoms with van der Waals surface area (Å²) in [5, 5.41) is 20.0. The molecule has 68 heavy (non-hydrogen) atoms. The van der Waals surface area contributed by atoms with Gasteiger partial charge in [0.15, 0.2) is 0 Å². The molecular weight excluding hydrogens is 861 g/mol. The fourth-order valence-corrected chi connectivity index (χ4v) is 11.3. The van der Waals surface area contributed by atoms with Gasteiger partial charge in [0.05, 0.1) is 29.5 Å². The van der Waals surface area contributed by atoms with Gasteiger partial charge >= 0.3 is 5.97 Å². The molecule has 4 saturated heterocycles. The highest BCUT2D eigenvalue weighted by atomic mass is 16.5. The molecule has 5 aliphatic rings. The molecule has 362 valence electrons. The summed E-state index contributed by atoms with van der Waals surface area (Å²) in [6.45, 7) is 17.7. The summed E-state index contributed by atoms with van der Waals surface area (Å²) in [5.41, 5.74) is 9.55. The van der Waals surface area contributed by atoms with Crippen LogP contribution in [0.5, 0.6) is 5.75 Å². The molecule has 0 saturated carbocycles. The number of rotatable bonds is 8. The number of aryl methyl sites for hydroxylation is 1. The molecule has 0 aliphatic carbocycles. The lowest BCUT2D eigenvalue weighted by atomic mass is 9.77. The van der Waals surface area contributed by atoms with Crippen LogP contribution in [0.1, 0.15) is 103 Å². The highest BCUT2D eigenvalue weighted by molar-refractivity contribution is 5.97. The number of nitrogens with zero attached hydrogens (tertiary/aromatic N) is 5. The standard InChI is InChI=1S/C53H68N8O7/c1-8-59-43-14-13-34-27-38(43)39(46(59)37-11-9-18-54-44(37)31(2)3)28-52(6,7)30-68-50(66)40-12-10-19-61(57-40)49(65)41(25-33-23-35(34)26-36(62)24-33)56-47(63)45(32(4)5)60-22-17-53(51(60)67)15-20-58(21-16-53)48(64)42-29-55-42/h9,11,13-14,18,23-24,26-27,31-32,40-42,45,55,57,62H,8,10,12,15-17,19-22,25,28-30H2,1-7H3,(H,56,63)/t40-,41-,42+,45-/m0/s1. The zero-order chi connectivity index (χ0) is 48.2. The van der Waals surface area contributed by atoms with Crippen LogP contribution in [0.3, 0.4) is 0 Å². The summed E-state index contributed by atoms with van der Waals surface area (Å²) in [4.78, 5) is 79.2. The van der Waals surface area contributed by atoms with Crippen molar-refractivity contribution < 1.29 is 33.8 Å². The van der Waals surface area contributed by atoms with E-state index in [0.29, 0.717) is 83.4 Å². The molecule has 4 N–H and O–H groups in total. The molecule has 5 aliphatic heterocycles. The van der Waals surface area contributed by atoms with Gasteiger partial charge in [-0.05, 0) is 116 Å². The van der Waals surface area contributed by atoms with Crippen molar-refractivity contribution in [3.63, 3.8) is 0 Å². The Bertz CT molecular complexity index is 2630. The third-order valence-electron chi connectivity index (χ3n) is 15.0. The van der Waals surface area contributed by atoms with Gasteiger partial charge in [0.2, 0.25) is 17.7 Å². The second-order valence-electron chi connectivity index (χ2n) is 21.3. The quantitative estimate of drug-likeness (QED) is 0.126. The zero-order valence-corrected chi connectivity index (χ0v) is 40.7. The number of carbonyl (C=O) groups is 5. The fourth-order valence-electron chi connectivity index (χ4n) is 11.3. The van der Waals surface area contributed by atoms with E-state index in [-0.39, 0.29) is 48.5 Å². The minimum atomic E-state index is -1.12. The smallest absolute Gasteiger partial charge is 0.324 e. The average molecular weight is 929 g/mol. The Labute approximate surface area is 399 Å². The number of piperidine rings is 1. The summed E-state index contributed by atoms with van der Waals surface area (Å²) in [7, 11) is 0. The van der Waals surface area contributed by atoms with Crippen LogP contribution in [-0.2, 0) is 48.1 Å². The number of aromatic nitrogens is 2. The number of amides is 4. The second kappa shape index (κ2) is 18.6. The number of aromatic hydroxyl groups is 1. The highest BCUT2D eigenvalue weighted by Gasteiger charge is 2.52. The molecule has 2 aromatic heterocycles. The third kappa shape index (κ3) is 9.11. The van der Waals surface area contributed by atoms with E-state index < -0.39 is 46.7 Å². The van der Waals surface area contributed by atoms with Crippen LogP contribution in [0.25, 0.3) is 33.3 Å². The van der Waals surface area contributed by atoms with E-state index in [1.807, 2.05) is 37.1 Å². The van der Waals surface area contributed by atoms with Crippen LogP contribution in [0, 0.1) is 16.7 Å². The first-order chi connectivity index (χ1) is 32.5. The number of carbonyl (C=O) groups excluding carboxylic acids is 5. The van der Waals surface area contributed by atoms with Crippen LogP contribution in [0.4, 0.5) is 0 Å². The summed E-state index contributed by atoms with van der Waals surface area (Å²) in [5.74, 6) is -1.44. The van der Waals surface area contributed by atoms with Crippen molar-refractivity contribution >= 4 is 40.5 Å². The highest BCUT2D eigenvalue weighted by Crippen LogP contribution is 2.44. The molecule has 9 rings (SSSR count). The van der Waals surface area contributed by atoms with Crippen LogP contribution in [0.2, 0.25) is 0 Å². The van der Waals surface area contributed by atoms with E-state index in [9.17, 15) is 29.1 Å². The number of likely N-dealkylation sites (tertiary alicyclic amines) is 2. The number of nitrogens with one attached hydrogen (secondary N) is 3. The third-order valence-corrected chi connectivity index (χ3v) is 15.0. The molecule has 4 fully saturated rings. The van der Waals surface area contributed by atoms with Crippen LogP contribution in [0.15, 0.2) is 54.7 Å². The number of fused-ring (bicyclic) bond motifs is 6. The van der Waals surface area contributed by atoms with Gasteiger partial charge in [-0.2, -0.15) is 0 Å². The molecule has 4 atom stereocenters. The molecule has 6 bridgehead atoms. The Balaban J connectivity index is 1.08. The van der Waals surface area contributed by atoms with Crippen molar-refractivity contribution in [3.05, 3.63) is 71.5 Å². The lowest BCUT2D eigenvalue weighted by molar-refractivity contribution is -0.155. The summed E-state index contributed by atoms with van der Waals surface area (Å²) >= 11 is 0. The number of pyridine rings is 1. The number of esters is 1. The van der Waals surface area contributed by atoms with Crippen LogP contribution >= 0.6 is 0 Å². The first kappa shape index (κ1) is 47.3. The number of ether oxygens (including phenoxy) is 1. The Morgan fingerprint density at radius 1 is 0.971 bits per heavy atom. The van der Waals surface area contributed by atoms with Gasteiger partial charge in [-0.1, -0.05) is 53.7 Å². The molecule has 0 unspecified atom stereocenters. The number of hydrazine groups is 1. The predicted octanol–water partition coefficient (Wildman–Crippen LogP) is 5.71. The van der Waals surface area contributed by atoms with Crippen molar-refractivity contribution in [1.82, 2.24) is 40.4 Å². The van der Waals surface area contributed by atoms with E-state index in [4.69, 9.17) is 9.72 Å². The van der Waals surface area contributed by atoms with Crippen molar-refractivity contribution in [1.29, 1.82) is 0 Å². The number of hydrogen-bond donors (Lipinski definition) is 4. The Morgan fingerprint density at radius 3 is 2.43 bits per heavy atom. The van der Waals surface area contributed by atoms with E-state index >= 15 is 0 Å². The first-order valence-electron chi connectivity index (χ1n) is 24.8. The van der Waals surface area contributed by atoms with Gasteiger partial charge in [0, 0.05) is 73.8 Å². The molecule has 4 aromatic rings. The molecular formula is C53H68N8O7. The summed E-state index contributed by atoms with van der Waals surface area (Å²) in [6.07, 6.45) is 5.12. The molecule has 0 radical (unpaired) electrons. The summed E-state index contributed by atoms with van der Waals surface area (Å²) < 4.78 is 8.48. The Kier molecular flexibility index (Phi) is 12.9. The number of cyclic esters (lactones) is 1. The van der Waals surface area contributed by atoms with E-state index in [1.165, 1.54) is 5.01 Å². The number of phenols is 1. The van der Waals surface area contributed by atoms with Crippen molar-refractivity contribution in [2.24, 2.45) is 16.7 Å². The number of benzene rings is 2. The fraction of sp³-hybridized carbons (Fsp3) is 0.547. The van der Waals surface area contributed by atoms with Gasteiger partial charge in [-0.15, -0.1) is 0 Å².